The van der Waals surface area contributed by atoms with Gasteiger partial charge in [0.25, 0.3) is 10.1 Å². The van der Waals surface area contributed by atoms with E-state index in [0.717, 1.165) is 31.2 Å². The molecule has 0 saturated carbocycles. The van der Waals surface area contributed by atoms with Gasteiger partial charge in [-0.25, -0.2) is 0 Å². The molecule has 24 heavy (non-hydrogen) atoms. The molecule has 2 N–H and O–H groups in total. The topological polar surface area (TPSA) is 83.8 Å². The van der Waals surface area contributed by atoms with Crippen LogP contribution in [0, 0.1) is 0 Å². The summed E-state index contributed by atoms with van der Waals surface area (Å²) in [5.74, 6) is 0.617. The highest BCUT2D eigenvalue weighted by Crippen LogP contribution is 2.34. The molecule has 6 heteroatoms. The molecule has 0 aliphatic rings. The van der Waals surface area contributed by atoms with Crippen molar-refractivity contribution < 1.29 is 22.8 Å². The molecule has 0 bridgehead atoms. The van der Waals surface area contributed by atoms with Crippen LogP contribution in [0.2, 0.25) is 0 Å². The number of aryl methyl sites for hydroxylation is 1. The fourth-order valence-electron chi connectivity index (χ4n) is 2.45. The summed E-state index contributed by atoms with van der Waals surface area (Å²) in [5.41, 5.74) is 0.731. The third-order valence-electron chi connectivity index (χ3n) is 3.69. The summed E-state index contributed by atoms with van der Waals surface area (Å²) in [6.45, 7) is 2.12. The molecule has 0 aromatic heterocycles. The minimum absolute atomic E-state index is 0.0882. The molecule has 5 nitrogen and oxygen atoms in total. The van der Waals surface area contributed by atoms with E-state index in [2.05, 4.69) is 6.92 Å². The van der Waals surface area contributed by atoms with E-state index < -0.39 is 10.1 Å². The van der Waals surface area contributed by atoms with Crippen LogP contribution in [0.3, 0.4) is 0 Å². The molecule has 0 radical (unpaired) electrons. The molecular weight excluding hydrogens is 328 g/mol. The summed E-state index contributed by atoms with van der Waals surface area (Å²) in [5, 5.41) is 9.34. The van der Waals surface area contributed by atoms with Crippen LogP contribution in [-0.4, -0.2) is 18.1 Å². The maximum atomic E-state index is 11.7. The Morgan fingerprint density at radius 2 is 1.71 bits per heavy atom. The molecule has 0 unspecified atom stereocenters. The van der Waals surface area contributed by atoms with Gasteiger partial charge in [-0.15, -0.1) is 0 Å². The van der Waals surface area contributed by atoms with Gasteiger partial charge in [-0.1, -0.05) is 38.3 Å². The zero-order chi connectivity index (χ0) is 17.6. The van der Waals surface area contributed by atoms with Crippen molar-refractivity contribution in [2.45, 2.75) is 43.9 Å². The summed E-state index contributed by atoms with van der Waals surface area (Å²) >= 11 is 0. The number of phenolic OH excluding ortho intramolecular Hbond substituents is 1. The van der Waals surface area contributed by atoms with Gasteiger partial charge >= 0.3 is 0 Å². The van der Waals surface area contributed by atoms with Gasteiger partial charge in [-0.05, 0) is 48.7 Å². The lowest BCUT2D eigenvalue weighted by Crippen LogP contribution is -2.04. The van der Waals surface area contributed by atoms with Gasteiger partial charge in [0.2, 0.25) is 0 Å². The van der Waals surface area contributed by atoms with Crippen LogP contribution in [0.25, 0.3) is 0 Å². The predicted octanol–water partition coefficient (Wildman–Crippen LogP) is 4.55. The number of benzene rings is 2. The molecule has 0 spiro atoms. The van der Waals surface area contributed by atoms with Crippen molar-refractivity contribution in [1.29, 1.82) is 0 Å². The summed E-state index contributed by atoms with van der Waals surface area (Å²) in [6, 6.07) is 10.7. The minimum Gasteiger partial charge on any atom is -0.508 e. The molecule has 2 rings (SSSR count). The monoisotopic (exact) mass is 350 g/mol. The van der Waals surface area contributed by atoms with Crippen molar-refractivity contribution in [2.24, 2.45) is 0 Å². The number of phenols is 1. The second kappa shape index (κ2) is 8.17. The Morgan fingerprint density at radius 1 is 1.00 bits per heavy atom. The van der Waals surface area contributed by atoms with Crippen LogP contribution in [0.5, 0.6) is 17.2 Å². The first kappa shape index (κ1) is 18.3. The maximum absolute atomic E-state index is 11.7. The van der Waals surface area contributed by atoms with Crippen LogP contribution in [0.15, 0.2) is 47.4 Å². The van der Waals surface area contributed by atoms with Crippen LogP contribution in [-0.2, 0) is 16.5 Å². The highest BCUT2D eigenvalue weighted by atomic mass is 32.2. The first-order valence-corrected chi connectivity index (χ1v) is 9.42. The van der Waals surface area contributed by atoms with Gasteiger partial charge in [-0.2, -0.15) is 8.42 Å². The summed E-state index contributed by atoms with van der Waals surface area (Å²) < 4.78 is 38.5. The predicted molar refractivity (Wildman–Crippen MR) is 92.3 cm³/mol. The van der Waals surface area contributed by atoms with Crippen LogP contribution < -0.4 is 4.74 Å². The van der Waals surface area contributed by atoms with Gasteiger partial charge in [0.05, 0.1) is 0 Å². The van der Waals surface area contributed by atoms with E-state index in [-0.39, 0.29) is 16.4 Å². The van der Waals surface area contributed by atoms with E-state index in [1.165, 1.54) is 30.3 Å². The third-order valence-corrected chi connectivity index (χ3v) is 4.57. The van der Waals surface area contributed by atoms with E-state index in [9.17, 15) is 18.1 Å². The Bertz CT molecular complexity index is 766. The molecule has 130 valence electrons. The standard InChI is InChI=1S/C18H22O5S/c1-2-3-4-5-7-14-8-6-9-17(24(20,21)22)18(14)23-16-12-10-15(19)11-13-16/h6,8-13,19H,2-5,7H2,1H3,(H,20,21,22). The van der Waals surface area contributed by atoms with Crippen molar-refractivity contribution in [3.63, 3.8) is 0 Å². The molecule has 0 aliphatic heterocycles. The van der Waals surface area contributed by atoms with E-state index in [1.54, 1.807) is 12.1 Å². The molecule has 0 saturated heterocycles. The van der Waals surface area contributed by atoms with E-state index in [4.69, 9.17) is 4.74 Å². The van der Waals surface area contributed by atoms with Gasteiger partial charge in [-0.3, -0.25) is 4.55 Å². The Morgan fingerprint density at radius 3 is 2.33 bits per heavy atom. The van der Waals surface area contributed by atoms with Gasteiger partial charge < -0.3 is 9.84 Å². The zero-order valence-electron chi connectivity index (χ0n) is 13.6. The van der Waals surface area contributed by atoms with Crippen LogP contribution in [0.1, 0.15) is 38.2 Å². The number of unbranched alkanes of at least 4 members (excludes halogenated alkanes) is 3. The second-order valence-corrected chi connectivity index (χ2v) is 7.02. The Balaban J connectivity index is 2.34. The summed E-state index contributed by atoms with van der Waals surface area (Å²) in [6.07, 6.45) is 4.85. The average molecular weight is 350 g/mol. The number of rotatable bonds is 8. The average Bonchev–Trinajstić information content (AvgIpc) is 2.54. The fraction of sp³-hybridized carbons (Fsp3) is 0.333. The Kier molecular flexibility index (Phi) is 6.23. The first-order valence-electron chi connectivity index (χ1n) is 7.98. The van der Waals surface area contributed by atoms with E-state index in [0.29, 0.717) is 12.2 Å². The highest BCUT2D eigenvalue weighted by Gasteiger charge is 2.20. The molecule has 0 atom stereocenters. The number of para-hydroxylation sites is 1. The third kappa shape index (κ3) is 4.97. The molecule has 2 aromatic rings. The molecule has 0 amide bonds. The zero-order valence-corrected chi connectivity index (χ0v) is 14.4. The molecule has 0 heterocycles. The maximum Gasteiger partial charge on any atom is 0.298 e. The lowest BCUT2D eigenvalue weighted by Gasteiger charge is -2.14. The second-order valence-electron chi connectivity index (χ2n) is 5.63. The Labute approximate surface area is 142 Å². The summed E-state index contributed by atoms with van der Waals surface area (Å²) in [4.78, 5) is -0.247. The molecule has 0 fully saturated rings. The lowest BCUT2D eigenvalue weighted by atomic mass is 10.1. The Hall–Kier alpha value is -2.05. The number of hydrogen-bond acceptors (Lipinski definition) is 4. The van der Waals surface area contributed by atoms with Crippen molar-refractivity contribution in [2.75, 3.05) is 0 Å². The van der Waals surface area contributed by atoms with Gasteiger partial charge in [0.1, 0.15) is 16.4 Å². The van der Waals surface area contributed by atoms with Crippen molar-refractivity contribution in [3.05, 3.63) is 48.0 Å². The SMILES string of the molecule is CCCCCCc1cccc(S(=O)(=O)O)c1Oc1ccc(O)cc1. The quantitative estimate of drug-likeness (QED) is 0.539. The molecule has 0 aliphatic carbocycles. The summed E-state index contributed by atoms with van der Waals surface area (Å²) in [7, 11) is -4.39. The van der Waals surface area contributed by atoms with Gasteiger partial charge in [0.15, 0.2) is 5.75 Å². The van der Waals surface area contributed by atoms with E-state index >= 15 is 0 Å². The number of aromatic hydroxyl groups is 1. The van der Waals surface area contributed by atoms with Crippen molar-refractivity contribution in [1.82, 2.24) is 0 Å². The molecular formula is C18H22O5S. The van der Waals surface area contributed by atoms with Crippen LogP contribution >= 0.6 is 0 Å². The fourth-order valence-corrected chi connectivity index (χ4v) is 3.11. The smallest absolute Gasteiger partial charge is 0.298 e. The van der Waals surface area contributed by atoms with E-state index in [1.807, 2.05) is 0 Å². The highest BCUT2D eigenvalue weighted by molar-refractivity contribution is 7.86. The lowest BCUT2D eigenvalue weighted by molar-refractivity contribution is 0.440. The largest absolute Gasteiger partial charge is 0.508 e. The number of hydrogen-bond donors (Lipinski definition) is 2. The normalized spacial score (nSPS) is 11.4. The van der Waals surface area contributed by atoms with Crippen molar-refractivity contribution >= 4 is 10.1 Å². The van der Waals surface area contributed by atoms with Crippen molar-refractivity contribution in [3.8, 4) is 17.2 Å². The minimum atomic E-state index is -4.39. The van der Waals surface area contributed by atoms with Gasteiger partial charge in [0, 0.05) is 0 Å². The first-order chi connectivity index (χ1) is 11.4. The number of ether oxygens (including phenoxy) is 1. The van der Waals surface area contributed by atoms with Crippen LogP contribution in [0.4, 0.5) is 0 Å². The molecule has 2 aromatic carbocycles.